The van der Waals surface area contributed by atoms with E-state index < -0.39 is 0 Å². The molecule has 3 aliphatic carbocycles. The van der Waals surface area contributed by atoms with Crippen LogP contribution in [0, 0.1) is 11.8 Å². The highest BCUT2D eigenvalue weighted by Crippen LogP contribution is 2.53. The molecule has 3 aliphatic rings. The van der Waals surface area contributed by atoms with Gasteiger partial charge in [0.1, 0.15) is 0 Å². The zero-order valence-electron chi connectivity index (χ0n) is 19.7. The third-order valence-electron chi connectivity index (χ3n) is 8.79. The Morgan fingerprint density at radius 3 is 2.41 bits per heavy atom. The molecule has 2 bridgehead atoms. The van der Waals surface area contributed by atoms with Gasteiger partial charge in [0.2, 0.25) is 0 Å². The number of fused-ring (bicyclic) bond motifs is 5. The van der Waals surface area contributed by atoms with Crippen molar-refractivity contribution in [1.82, 2.24) is 0 Å². The molecule has 6 rings (SSSR count). The molecule has 1 nitrogen and oxygen atoms in total. The Hall–Kier alpha value is -2.54. The van der Waals surface area contributed by atoms with Crippen molar-refractivity contribution in [2.75, 3.05) is 5.32 Å². The number of hydrogen-bond donors (Lipinski definition) is 1. The van der Waals surface area contributed by atoms with Crippen molar-refractivity contribution in [3.63, 3.8) is 0 Å². The van der Waals surface area contributed by atoms with Crippen LogP contribution >= 0.6 is 0 Å². The summed E-state index contributed by atoms with van der Waals surface area (Å²) in [5.74, 6) is 1.81. The molecule has 164 valence electrons. The Morgan fingerprint density at radius 1 is 0.812 bits per heavy atom. The molecule has 3 aromatic carbocycles. The fourth-order valence-electron chi connectivity index (χ4n) is 7.43. The van der Waals surface area contributed by atoms with Crippen LogP contribution in [0.1, 0.15) is 76.0 Å². The van der Waals surface area contributed by atoms with E-state index in [0.29, 0.717) is 5.41 Å². The number of rotatable bonds is 3. The fourth-order valence-corrected chi connectivity index (χ4v) is 7.43. The predicted octanol–water partition coefficient (Wildman–Crippen LogP) is 8.59. The van der Waals surface area contributed by atoms with Crippen LogP contribution in [0.5, 0.6) is 0 Å². The van der Waals surface area contributed by atoms with E-state index in [1.165, 1.54) is 72.2 Å². The molecule has 0 aromatic heterocycles. The summed E-state index contributed by atoms with van der Waals surface area (Å²) in [6, 6.07) is 25.2. The smallest absolute Gasteiger partial charge is 0.0387 e. The highest BCUT2D eigenvalue weighted by atomic mass is 14.9. The highest BCUT2D eigenvalue weighted by molar-refractivity contribution is 5.82. The molecular formula is C31H35N. The van der Waals surface area contributed by atoms with E-state index in [0.717, 1.165) is 11.8 Å². The molecule has 0 saturated heterocycles. The third kappa shape index (κ3) is 3.12. The Labute approximate surface area is 193 Å². The molecule has 2 fully saturated rings. The number of benzene rings is 3. The van der Waals surface area contributed by atoms with Gasteiger partial charge in [-0.2, -0.15) is 0 Å². The molecule has 0 radical (unpaired) electrons. The van der Waals surface area contributed by atoms with Gasteiger partial charge >= 0.3 is 0 Å². The van der Waals surface area contributed by atoms with E-state index in [9.17, 15) is 0 Å². The van der Waals surface area contributed by atoms with Gasteiger partial charge in [0.05, 0.1) is 0 Å². The van der Waals surface area contributed by atoms with Crippen molar-refractivity contribution in [1.29, 1.82) is 0 Å². The average molecular weight is 422 g/mol. The van der Waals surface area contributed by atoms with Gasteiger partial charge in [-0.15, -0.1) is 0 Å². The van der Waals surface area contributed by atoms with E-state index >= 15 is 0 Å². The molecule has 1 heteroatoms. The SMILES string of the molecule is C[C@H]1C[C@@H]2CCCC(c3ccc(Nc4ccc5c(c4)C(C)(C)c4ccccc4-5)cc3)(C1)C2. The van der Waals surface area contributed by atoms with E-state index in [-0.39, 0.29) is 5.41 Å². The molecule has 3 atom stereocenters. The number of anilines is 2. The van der Waals surface area contributed by atoms with Crippen molar-refractivity contribution in [3.8, 4) is 11.1 Å². The monoisotopic (exact) mass is 421 g/mol. The van der Waals surface area contributed by atoms with Crippen molar-refractivity contribution >= 4 is 11.4 Å². The fraction of sp³-hybridized carbons (Fsp3) is 0.419. The standard InChI is InChI=1S/C31H35N/c1-21-17-22-7-6-16-31(19-21,20-22)23-10-12-24(13-11-23)32-25-14-15-27-26-8-4-5-9-28(26)30(2,3)29(27)18-25/h4-5,8-15,18,21-22,32H,6-7,16-17,19-20H2,1-3H3/t21-,22-,31?/m0/s1. The number of nitrogens with one attached hydrogen (secondary N) is 1. The lowest BCUT2D eigenvalue weighted by Crippen LogP contribution is -2.39. The summed E-state index contributed by atoms with van der Waals surface area (Å²) in [5.41, 5.74) is 10.0. The average Bonchev–Trinajstić information content (AvgIpc) is 3.01. The van der Waals surface area contributed by atoms with E-state index in [1.807, 2.05) is 0 Å². The van der Waals surface area contributed by atoms with Gasteiger partial charge in [0, 0.05) is 16.8 Å². The molecular weight excluding hydrogens is 386 g/mol. The van der Waals surface area contributed by atoms with E-state index in [2.05, 4.69) is 92.8 Å². The third-order valence-corrected chi connectivity index (χ3v) is 8.79. The van der Waals surface area contributed by atoms with Crippen molar-refractivity contribution in [2.24, 2.45) is 11.8 Å². The van der Waals surface area contributed by atoms with Crippen LogP contribution < -0.4 is 5.32 Å². The zero-order chi connectivity index (χ0) is 21.9. The second kappa shape index (κ2) is 7.24. The van der Waals surface area contributed by atoms with Gasteiger partial charge in [-0.3, -0.25) is 0 Å². The summed E-state index contributed by atoms with van der Waals surface area (Å²) < 4.78 is 0. The maximum atomic E-state index is 3.69. The summed E-state index contributed by atoms with van der Waals surface area (Å²) in [6.45, 7) is 7.16. The van der Waals surface area contributed by atoms with Gasteiger partial charge in [0.25, 0.3) is 0 Å². The molecule has 1 N–H and O–H groups in total. The molecule has 2 saturated carbocycles. The van der Waals surface area contributed by atoms with Crippen LogP contribution in [0.3, 0.4) is 0 Å². The second-order valence-corrected chi connectivity index (χ2v) is 11.4. The highest BCUT2D eigenvalue weighted by Gasteiger charge is 2.42. The second-order valence-electron chi connectivity index (χ2n) is 11.4. The molecule has 0 amide bonds. The lowest BCUT2D eigenvalue weighted by atomic mass is 9.57. The Balaban J connectivity index is 1.26. The summed E-state index contributed by atoms with van der Waals surface area (Å²) in [7, 11) is 0. The first-order chi connectivity index (χ1) is 15.4. The maximum Gasteiger partial charge on any atom is 0.0387 e. The van der Waals surface area contributed by atoms with Crippen molar-refractivity contribution in [2.45, 2.75) is 70.1 Å². The van der Waals surface area contributed by atoms with Gasteiger partial charge in [-0.05, 0) is 95.0 Å². The van der Waals surface area contributed by atoms with Crippen molar-refractivity contribution < 1.29 is 0 Å². The largest absolute Gasteiger partial charge is 0.356 e. The summed E-state index contributed by atoms with van der Waals surface area (Å²) in [4.78, 5) is 0. The minimum Gasteiger partial charge on any atom is -0.356 e. The minimum absolute atomic E-state index is 0.0435. The minimum atomic E-state index is 0.0435. The van der Waals surface area contributed by atoms with Gasteiger partial charge in [-0.1, -0.05) is 76.1 Å². The van der Waals surface area contributed by atoms with E-state index in [4.69, 9.17) is 0 Å². The maximum absolute atomic E-state index is 3.69. The zero-order valence-corrected chi connectivity index (χ0v) is 19.7. The van der Waals surface area contributed by atoms with Gasteiger partial charge < -0.3 is 5.32 Å². The Bertz CT molecular complexity index is 1150. The van der Waals surface area contributed by atoms with Crippen LogP contribution in [0.15, 0.2) is 66.7 Å². The van der Waals surface area contributed by atoms with Crippen LogP contribution in [-0.4, -0.2) is 0 Å². The van der Waals surface area contributed by atoms with Crippen LogP contribution in [0.25, 0.3) is 11.1 Å². The summed E-state index contributed by atoms with van der Waals surface area (Å²) in [5, 5.41) is 3.69. The van der Waals surface area contributed by atoms with E-state index in [1.54, 1.807) is 5.56 Å². The summed E-state index contributed by atoms with van der Waals surface area (Å²) >= 11 is 0. The van der Waals surface area contributed by atoms with Gasteiger partial charge in [-0.25, -0.2) is 0 Å². The topological polar surface area (TPSA) is 12.0 Å². The predicted molar refractivity (Wildman–Crippen MR) is 136 cm³/mol. The van der Waals surface area contributed by atoms with Crippen LogP contribution in [0.4, 0.5) is 11.4 Å². The van der Waals surface area contributed by atoms with Gasteiger partial charge in [0.15, 0.2) is 0 Å². The first-order valence-corrected chi connectivity index (χ1v) is 12.6. The molecule has 32 heavy (non-hydrogen) atoms. The summed E-state index contributed by atoms with van der Waals surface area (Å²) in [6.07, 6.45) is 8.46. The lowest BCUT2D eigenvalue weighted by Gasteiger charge is -2.48. The molecule has 0 aliphatic heterocycles. The Morgan fingerprint density at radius 2 is 1.56 bits per heavy atom. The first kappa shape index (κ1) is 20.1. The first-order valence-electron chi connectivity index (χ1n) is 12.6. The molecule has 0 heterocycles. The normalized spacial score (nSPS) is 27.5. The van der Waals surface area contributed by atoms with Crippen LogP contribution in [-0.2, 0) is 10.8 Å². The molecule has 1 unspecified atom stereocenters. The number of hydrogen-bond acceptors (Lipinski definition) is 1. The molecule has 0 spiro atoms. The van der Waals surface area contributed by atoms with Crippen molar-refractivity contribution in [3.05, 3.63) is 83.4 Å². The lowest BCUT2D eigenvalue weighted by molar-refractivity contribution is 0.110. The Kier molecular flexibility index (Phi) is 4.54. The van der Waals surface area contributed by atoms with Crippen LogP contribution in [0.2, 0.25) is 0 Å². The quantitative estimate of drug-likeness (QED) is 0.446. The molecule has 3 aromatic rings.